The Morgan fingerprint density at radius 3 is 2.95 bits per heavy atom. The van der Waals surface area contributed by atoms with Crippen molar-refractivity contribution in [1.82, 2.24) is 9.78 Å². The first-order valence-corrected chi connectivity index (χ1v) is 7.04. The number of hydrogen-bond donors (Lipinski definition) is 2. The number of benzene rings is 2. The number of nitrogens with zero attached hydrogens (tertiary/aromatic N) is 2. The number of halogens is 2. The van der Waals surface area contributed by atoms with Crippen LogP contribution in [0.15, 0.2) is 36.5 Å². The molecular weight excluding hydrogens is 386 g/mol. The lowest BCUT2D eigenvalue weighted by atomic mass is 10.2. The van der Waals surface area contributed by atoms with Crippen molar-refractivity contribution in [3.8, 4) is 0 Å². The molecule has 0 aliphatic carbocycles. The number of hydrogen-bond acceptors (Lipinski definition) is 3. The molecule has 1 radical (unpaired) electrons. The fourth-order valence-electron chi connectivity index (χ4n) is 2.00. The molecule has 0 unspecified atom stereocenters. The van der Waals surface area contributed by atoms with Gasteiger partial charge in [-0.3, -0.25) is 0 Å². The van der Waals surface area contributed by atoms with Crippen molar-refractivity contribution >= 4 is 50.9 Å². The standard InChI is InChI=1S/C14H9FIN4O/c15-10-6-8(16)4-5-12(10)19-11-2-1-3-13-9(11)7-18-20(13)14(17)21/h1,3-7,19H,(H2,17,21). The molecule has 5 nitrogen and oxygen atoms in total. The van der Waals surface area contributed by atoms with Crippen molar-refractivity contribution in [2.45, 2.75) is 0 Å². The zero-order valence-electron chi connectivity index (χ0n) is 10.6. The molecule has 2 aromatic carbocycles. The topological polar surface area (TPSA) is 72.9 Å². The number of carbonyl (C=O) groups is 1. The van der Waals surface area contributed by atoms with Crippen LogP contribution in [-0.2, 0) is 0 Å². The summed E-state index contributed by atoms with van der Waals surface area (Å²) in [7, 11) is 0. The van der Waals surface area contributed by atoms with Gasteiger partial charge >= 0.3 is 6.03 Å². The van der Waals surface area contributed by atoms with Gasteiger partial charge in [0, 0.05) is 15.0 Å². The average molecular weight is 395 g/mol. The number of aromatic nitrogens is 2. The molecule has 1 amide bonds. The predicted octanol–water partition coefficient (Wildman–Crippen LogP) is 3.25. The minimum Gasteiger partial charge on any atom is -0.352 e. The summed E-state index contributed by atoms with van der Waals surface area (Å²) < 4.78 is 15.8. The van der Waals surface area contributed by atoms with E-state index < -0.39 is 6.03 Å². The smallest absolute Gasteiger partial charge is 0.340 e. The maximum absolute atomic E-state index is 13.9. The third-order valence-electron chi connectivity index (χ3n) is 2.94. The lowest BCUT2D eigenvalue weighted by molar-refractivity contribution is 0.248. The average Bonchev–Trinajstić information content (AvgIpc) is 2.87. The number of fused-ring (bicyclic) bond motifs is 1. The van der Waals surface area contributed by atoms with Crippen LogP contribution in [0.25, 0.3) is 10.9 Å². The van der Waals surface area contributed by atoms with E-state index in [1.165, 1.54) is 12.3 Å². The SMILES string of the molecule is NC(=O)n1ncc2c(Nc3ccc(I)cc3F)[c]ccc21. The second kappa shape index (κ2) is 5.32. The van der Waals surface area contributed by atoms with E-state index in [0.717, 1.165) is 8.25 Å². The fraction of sp³-hybridized carbons (Fsp3) is 0. The highest BCUT2D eigenvalue weighted by Crippen LogP contribution is 2.27. The summed E-state index contributed by atoms with van der Waals surface area (Å²) in [4.78, 5) is 11.3. The Morgan fingerprint density at radius 1 is 1.43 bits per heavy atom. The van der Waals surface area contributed by atoms with Crippen LogP contribution >= 0.6 is 22.6 Å². The molecule has 7 heteroatoms. The van der Waals surface area contributed by atoms with E-state index in [4.69, 9.17) is 5.73 Å². The Kier molecular flexibility index (Phi) is 3.50. The first-order valence-electron chi connectivity index (χ1n) is 5.96. The van der Waals surface area contributed by atoms with Crippen molar-refractivity contribution in [2.24, 2.45) is 5.73 Å². The number of rotatable bonds is 2. The van der Waals surface area contributed by atoms with Gasteiger partial charge < -0.3 is 11.1 Å². The number of primary amides is 1. The Labute approximate surface area is 133 Å². The number of carbonyl (C=O) groups excluding carboxylic acids is 1. The monoisotopic (exact) mass is 395 g/mol. The van der Waals surface area contributed by atoms with Crippen LogP contribution in [0.1, 0.15) is 0 Å². The van der Waals surface area contributed by atoms with Gasteiger partial charge in [0.15, 0.2) is 0 Å². The van der Waals surface area contributed by atoms with Crippen molar-refractivity contribution in [2.75, 3.05) is 5.32 Å². The Bertz CT molecular complexity index is 846. The first kappa shape index (κ1) is 13.8. The van der Waals surface area contributed by atoms with Gasteiger partial charge in [-0.15, -0.1) is 0 Å². The minimum atomic E-state index is -0.678. The highest BCUT2D eigenvalue weighted by atomic mass is 127. The summed E-state index contributed by atoms with van der Waals surface area (Å²) in [5.74, 6) is -0.366. The van der Waals surface area contributed by atoms with Gasteiger partial charge in [-0.25, -0.2) is 9.18 Å². The maximum Gasteiger partial charge on any atom is 0.340 e. The van der Waals surface area contributed by atoms with E-state index in [-0.39, 0.29) is 5.82 Å². The van der Waals surface area contributed by atoms with E-state index in [1.807, 2.05) is 22.6 Å². The maximum atomic E-state index is 13.9. The highest BCUT2D eigenvalue weighted by Gasteiger charge is 2.11. The van der Waals surface area contributed by atoms with E-state index in [1.54, 1.807) is 24.3 Å². The number of nitrogens with one attached hydrogen (secondary N) is 1. The zero-order valence-corrected chi connectivity index (χ0v) is 12.8. The van der Waals surface area contributed by atoms with E-state index >= 15 is 0 Å². The predicted molar refractivity (Wildman–Crippen MR) is 86.0 cm³/mol. The molecule has 0 spiro atoms. The van der Waals surface area contributed by atoms with E-state index in [9.17, 15) is 9.18 Å². The quantitative estimate of drug-likeness (QED) is 0.655. The molecule has 21 heavy (non-hydrogen) atoms. The third kappa shape index (κ3) is 2.56. The minimum absolute atomic E-state index is 0.325. The molecule has 0 saturated heterocycles. The molecule has 1 aromatic heterocycles. The largest absolute Gasteiger partial charge is 0.352 e. The summed E-state index contributed by atoms with van der Waals surface area (Å²) in [6.45, 7) is 0. The third-order valence-corrected chi connectivity index (χ3v) is 3.62. The van der Waals surface area contributed by atoms with Crippen LogP contribution in [-0.4, -0.2) is 15.8 Å². The normalized spacial score (nSPS) is 10.8. The Morgan fingerprint density at radius 2 is 2.24 bits per heavy atom. The van der Waals surface area contributed by atoms with E-state index in [2.05, 4.69) is 16.5 Å². The lowest BCUT2D eigenvalue weighted by Crippen LogP contribution is -2.20. The molecule has 0 aliphatic heterocycles. The summed E-state index contributed by atoms with van der Waals surface area (Å²) in [5.41, 5.74) is 6.63. The molecule has 0 aliphatic rings. The molecule has 105 valence electrons. The van der Waals surface area contributed by atoms with Crippen LogP contribution in [0.3, 0.4) is 0 Å². The molecule has 3 N–H and O–H groups in total. The summed E-state index contributed by atoms with van der Waals surface area (Å²) in [6.07, 6.45) is 1.49. The second-order valence-corrected chi connectivity index (χ2v) is 5.54. The fourth-order valence-corrected chi connectivity index (χ4v) is 2.45. The Hall–Kier alpha value is -2.16. The lowest BCUT2D eigenvalue weighted by Gasteiger charge is -2.08. The van der Waals surface area contributed by atoms with Crippen molar-refractivity contribution in [3.63, 3.8) is 0 Å². The molecule has 1 heterocycles. The van der Waals surface area contributed by atoms with Crippen LogP contribution in [0.2, 0.25) is 0 Å². The van der Waals surface area contributed by atoms with Crippen LogP contribution in [0, 0.1) is 15.5 Å². The molecule has 0 bridgehead atoms. The van der Waals surface area contributed by atoms with Gasteiger partial charge in [0.05, 0.1) is 23.1 Å². The molecule has 3 aromatic rings. The summed E-state index contributed by atoms with van der Waals surface area (Å²) in [5, 5.41) is 7.51. The van der Waals surface area contributed by atoms with Gasteiger partial charge in [-0.2, -0.15) is 9.78 Å². The molecular formula is C14H9FIN4O. The van der Waals surface area contributed by atoms with Gasteiger partial charge in [-0.1, -0.05) is 6.07 Å². The molecule has 0 atom stereocenters. The van der Waals surface area contributed by atoms with Gasteiger partial charge in [0.25, 0.3) is 0 Å². The summed E-state index contributed by atoms with van der Waals surface area (Å²) >= 11 is 2.04. The highest BCUT2D eigenvalue weighted by molar-refractivity contribution is 14.1. The molecule has 0 saturated carbocycles. The second-order valence-electron chi connectivity index (χ2n) is 4.30. The van der Waals surface area contributed by atoms with Crippen LogP contribution in [0.4, 0.5) is 20.6 Å². The summed E-state index contributed by atoms with van der Waals surface area (Å²) in [6, 6.07) is 10.4. The number of nitrogens with two attached hydrogens (primary N) is 1. The van der Waals surface area contributed by atoms with Crippen LogP contribution < -0.4 is 11.1 Å². The van der Waals surface area contributed by atoms with Crippen molar-refractivity contribution < 1.29 is 9.18 Å². The number of amides is 1. The van der Waals surface area contributed by atoms with Gasteiger partial charge in [-0.05, 0) is 46.9 Å². The van der Waals surface area contributed by atoms with Crippen molar-refractivity contribution in [1.29, 1.82) is 0 Å². The van der Waals surface area contributed by atoms with E-state index in [0.29, 0.717) is 22.3 Å². The van der Waals surface area contributed by atoms with Crippen molar-refractivity contribution in [3.05, 3.63) is 52.0 Å². The zero-order chi connectivity index (χ0) is 15.0. The van der Waals surface area contributed by atoms with Crippen LogP contribution in [0.5, 0.6) is 0 Å². The van der Waals surface area contributed by atoms with Gasteiger partial charge in [0.2, 0.25) is 0 Å². The first-order chi connectivity index (χ1) is 10.1. The molecule has 3 rings (SSSR count). The van der Waals surface area contributed by atoms with Gasteiger partial charge in [0.1, 0.15) is 5.82 Å². The Balaban J connectivity index is 2.07. The molecule has 0 fully saturated rings. The number of anilines is 2.